The predicted molar refractivity (Wildman–Crippen MR) is 203 cm³/mol. The number of hydrogen-bond acceptors (Lipinski definition) is 13. The van der Waals surface area contributed by atoms with Crippen LogP contribution in [0.25, 0.3) is 6.08 Å². The number of anilines is 1. The average molecular weight is 772 g/mol. The van der Waals surface area contributed by atoms with Gasteiger partial charge in [-0.1, -0.05) is 43.5 Å². The Morgan fingerprint density at radius 1 is 0.929 bits per heavy atom. The number of aliphatic imine (C=N–C) groups is 2. The molecule has 1 saturated carbocycles. The van der Waals surface area contributed by atoms with E-state index in [4.69, 9.17) is 9.47 Å². The van der Waals surface area contributed by atoms with Gasteiger partial charge in [-0.05, 0) is 66.1 Å². The molecule has 0 unspecified atom stereocenters. The number of phenolic OH excluding ortho intramolecular Hbond substituents is 3. The first-order chi connectivity index (χ1) is 26.9. The van der Waals surface area contributed by atoms with Crippen LogP contribution in [-0.2, 0) is 26.2 Å². The molecule has 3 heterocycles. The Labute approximate surface area is 322 Å². The zero-order chi connectivity index (χ0) is 39.7. The molecular weight excluding hydrogens is 726 g/mol. The summed E-state index contributed by atoms with van der Waals surface area (Å²) in [5.74, 6) is -3.58. The molecule has 296 valence electrons. The second kappa shape index (κ2) is 16.0. The lowest BCUT2D eigenvalue weighted by Crippen LogP contribution is -2.60. The number of rotatable bonds is 11. The van der Waals surface area contributed by atoms with Crippen molar-refractivity contribution in [1.82, 2.24) is 0 Å². The normalized spacial score (nSPS) is 27.0. The number of amides is 1. The Morgan fingerprint density at radius 3 is 2.39 bits per heavy atom. The van der Waals surface area contributed by atoms with Crippen LogP contribution in [-0.4, -0.2) is 115 Å². The van der Waals surface area contributed by atoms with Crippen LogP contribution >= 0.6 is 0 Å². The van der Waals surface area contributed by atoms with Gasteiger partial charge in [0.15, 0.2) is 11.5 Å². The van der Waals surface area contributed by atoms with Gasteiger partial charge in [-0.25, -0.2) is 4.79 Å². The van der Waals surface area contributed by atoms with Gasteiger partial charge in [0.1, 0.15) is 48.6 Å². The smallest absolute Gasteiger partial charge is 0.327 e. The largest absolute Gasteiger partial charge is 0.508 e. The highest BCUT2D eigenvalue weighted by Gasteiger charge is 2.51. The van der Waals surface area contributed by atoms with E-state index in [1.807, 2.05) is 12.1 Å². The standard InChI is InChI=1S/C41H45N3O12/c45-20-33-36(50)37(51)38(52)40(56-33)55-32-17-28-25(16-31(32)48)26(18-41(12-4-1-5-13-41)27-6-2-3-7-30(27)47)35(39(53)54)44(28)34(49)11-9-22-8-10-29(46)23(14-22)15-24-19-42-21-43-24/h2-3,6-11,14,16-17,19,26,33,35-38,40,45-48,50-52H,1,4-5,12-13,15,18,20-21H2,(H,53,54)/t26-,33+,35+,36+,37-,38+,40-/m0/s1. The molecule has 0 bridgehead atoms. The molecule has 3 aromatic rings. The van der Waals surface area contributed by atoms with Crippen molar-refractivity contribution in [2.75, 3.05) is 18.2 Å². The van der Waals surface area contributed by atoms with Crippen molar-refractivity contribution in [3.05, 3.63) is 82.9 Å². The number of phenols is 3. The predicted octanol–water partition coefficient (Wildman–Crippen LogP) is 2.90. The first kappa shape index (κ1) is 38.9. The maximum absolute atomic E-state index is 14.4. The molecule has 7 rings (SSSR count). The van der Waals surface area contributed by atoms with Gasteiger partial charge in [0.25, 0.3) is 5.91 Å². The number of carboxylic acid groups (broad SMARTS) is 1. The molecule has 1 amide bonds. The van der Waals surface area contributed by atoms with Crippen molar-refractivity contribution in [2.24, 2.45) is 9.98 Å². The molecule has 4 aliphatic rings. The maximum Gasteiger partial charge on any atom is 0.327 e. The van der Waals surface area contributed by atoms with Crippen molar-refractivity contribution in [3.8, 4) is 23.0 Å². The summed E-state index contributed by atoms with van der Waals surface area (Å²) in [6, 6.07) is 12.9. The summed E-state index contributed by atoms with van der Waals surface area (Å²) in [5, 5.41) is 84.8. The summed E-state index contributed by atoms with van der Waals surface area (Å²) < 4.78 is 11.3. The Morgan fingerprint density at radius 2 is 1.70 bits per heavy atom. The van der Waals surface area contributed by atoms with Gasteiger partial charge in [-0.15, -0.1) is 0 Å². The SMILES string of the molecule is O=C(O)[C@H]1[C@@H](CC2(c3ccccc3O)CCCCC2)c2cc(O)c(O[C@H]3O[C@H](CO)[C@@H](O)[C@H](O)[C@H]3O)cc2N1C(=O)C=Cc1ccc(O)c(CC2=NCN=C2)c1. The van der Waals surface area contributed by atoms with E-state index in [0.717, 1.165) is 24.2 Å². The van der Waals surface area contributed by atoms with Crippen LogP contribution < -0.4 is 9.64 Å². The molecule has 0 radical (unpaired) electrons. The summed E-state index contributed by atoms with van der Waals surface area (Å²) in [4.78, 5) is 37.2. The van der Waals surface area contributed by atoms with Gasteiger partial charge in [0.2, 0.25) is 6.29 Å². The minimum Gasteiger partial charge on any atom is -0.508 e. The Balaban J connectivity index is 1.29. The molecule has 3 aliphatic heterocycles. The molecule has 15 nitrogen and oxygen atoms in total. The van der Waals surface area contributed by atoms with Gasteiger partial charge in [-0.2, -0.15) is 0 Å². The van der Waals surface area contributed by atoms with Crippen LogP contribution in [0.1, 0.15) is 66.7 Å². The van der Waals surface area contributed by atoms with E-state index in [0.29, 0.717) is 53.9 Å². The number of carbonyl (C=O) groups excluding carboxylic acids is 1. The van der Waals surface area contributed by atoms with Crippen LogP contribution in [0.15, 0.2) is 70.7 Å². The third kappa shape index (κ3) is 7.47. The minimum absolute atomic E-state index is 0.0339. The number of carbonyl (C=O) groups is 2. The number of carboxylic acids is 1. The van der Waals surface area contributed by atoms with Gasteiger partial charge in [0, 0.05) is 41.8 Å². The lowest BCUT2D eigenvalue weighted by atomic mass is 9.63. The maximum atomic E-state index is 14.4. The fourth-order valence-electron chi connectivity index (χ4n) is 8.59. The number of aromatic hydroxyl groups is 3. The van der Waals surface area contributed by atoms with Crippen LogP contribution in [0.3, 0.4) is 0 Å². The van der Waals surface area contributed by atoms with E-state index in [1.54, 1.807) is 30.5 Å². The van der Waals surface area contributed by atoms with Crippen LogP contribution in [0.4, 0.5) is 5.69 Å². The molecular formula is C41H45N3O12. The van der Waals surface area contributed by atoms with E-state index in [2.05, 4.69) is 9.98 Å². The zero-order valence-electron chi connectivity index (χ0n) is 30.4. The average Bonchev–Trinajstić information content (AvgIpc) is 3.81. The Kier molecular flexibility index (Phi) is 11.2. The number of aliphatic hydroxyl groups excluding tert-OH is 4. The highest BCUT2D eigenvalue weighted by molar-refractivity contribution is 6.32. The van der Waals surface area contributed by atoms with E-state index in [-0.39, 0.29) is 29.4 Å². The first-order valence-electron chi connectivity index (χ1n) is 18.6. The van der Waals surface area contributed by atoms with Crippen LogP contribution in [0.2, 0.25) is 0 Å². The third-order valence-electron chi connectivity index (χ3n) is 11.4. The lowest BCUT2D eigenvalue weighted by molar-refractivity contribution is -0.277. The Hall–Kier alpha value is -5.32. The molecule has 0 aromatic heterocycles. The lowest BCUT2D eigenvalue weighted by Gasteiger charge is -2.41. The molecule has 56 heavy (non-hydrogen) atoms. The van der Waals surface area contributed by atoms with E-state index < -0.39 is 72.3 Å². The number of nitrogens with zero attached hydrogens (tertiary/aromatic N) is 3. The van der Waals surface area contributed by atoms with Crippen molar-refractivity contribution in [3.63, 3.8) is 0 Å². The number of fused-ring (bicyclic) bond motifs is 1. The van der Waals surface area contributed by atoms with Crippen molar-refractivity contribution in [2.45, 2.75) is 93.0 Å². The number of benzene rings is 3. The number of aliphatic carboxylic acids is 1. The van der Waals surface area contributed by atoms with Crippen LogP contribution in [0, 0.1) is 0 Å². The summed E-state index contributed by atoms with van der Waals surface area (Å²) in [6.07, 6.45) is 0.591. The van der Waals surface area contributed by atoms with Gasteiger partial charge in [-0.3, -0.25) is 19.7 Å². The quantitative estimate of drug-likeness (QED) is 0.131. The molecule has 1 saturated heterocycles. The van der Waals surface area contributed by atoms with E-state index in [9.17, 15) is 50.4 Å². The highest BCUT2D eigenvalue weighted by Crippen LogP contribution is 2.55. The number of ether oxygens (including phenoxy) is 2. The van der Waals surface area contributed by atoms with E-state index >= 15 is 0 Å². The number of aliphatic hydroxyl groups is 4. The summed E-state index contributed by atoms with van der Waals surface area (Å²) in [5.41, 5.74) is 2.24. The molecule has 0 spiro atoms. The molecule has 7 atom stereocenters. The topological polar surface area (TPSA) is 242 Å². The molecule has 8 N–H and O–H groups in total. The van der Waals surface area contributed by atoms with E-state index in [1.165, 1.54) is 30.4 Å². The minimum atomic E-state index is -1.81. The fraction of sp³-hybridized carbons (Fsp3) is 0.415. The second-order valence-corrected chi connectivity index (χ2v) is 14.9. The van der Waals surface area contributed by atoms with Gasteiger partial charge < -0.3 is 50.3 Å². The molecule has 1 aliphatic carbocycles. The van der Waals surface area contributed by atoms with Crippen LogP contribution in [0.5, 0.6) is 23.0 Å². The first-order valence-corrected chi connectivity index (χ1v) is 18.6. The number of para-hydroxylation sites is 1. The highest BCUT2D eigenvalue weighted by atomic mass is 16.7. The molecule has 2 fully saturated rings. The summed E-state index contributed by atoms with van der Waals surface area (Å²) in [6.45, 7) is -0.407. The Bertz CT molecular complexity index is 2060. The van der Waals surface area contributed by atoms with Crippen molar-refractivity contribution < 1.29 is 59.9 Å². The summed E-state index contributed by atoms with van der Waals surface area (Å²) in [7, 11) is 0. The zero-order valence-corrected chi connectivity index (χ0v) is 30.4. The summed E-state index contributed by atoms with van der Waals surface area (Å²) >= 11 is 0. The second-order valence-electron chi connectivity index (χ2n) is 14.9. The molecule has 15 heteroatoms. The van der Waals surface area contributed by atoms with Gasteiger partial charge in [0.05, 0.1) is 18.0 Å². The third-order valence-corrected chi connectivity index (χ3v) is 11.4. The van der Waals surface area contributed by atoms with Crippen molar-refractivity contribution in [1.29, 1.82) is 0 Å². The monoisotopic (exact) mass is 771 g/mol. The van der Waals surface area contributed by atoms with Gasteiger partial charge >= 0.3 is 5.97 Å². The molecule has 3 aromatic carbocycles. The fourth-order valence-corrected chi connectivity index (χ4v) is 8.59. The number of hydrogen-bond donors (Lipinski definition) is 8. The van der Waals surface area contributed by atoms with Crippen molar-refractivity contribution >= 4 is 35.6 Å².